The van der Waals surface area contributed by atoms with Crippen molar-refractivity contribution in [3.8, 4) is 0 Å². The lowest BCUT2D eigenvalue weighted by molar-refractivity contribution is -0.247. The quantitative estimate of drug-likeness (QED) is 0.403. The molecule has 0 aromatic carbocycles. The van der Waals surface area contributed by atoms with Gasteiger partial charge in [0.15, 0.2) is 12.6 Å². The molecular weight excluding hydrogens is 248 g/mol. The third-order valence-corrected chi connectivity index (χ3v) is 3.26. The van der Waals surface area contributed by atoms with Crippen molar-refractivity contribution < 1.29 is 23.7 Å². The molecular formula is C14H26O5. The van der Waals surface area contributed by atoms with E-state index < -0.39 is 0 Å². The molecule has 2 saturated heterocycles. The summed E-state index contributed by atoms with van der Waals surface area (Å²) < 4.78 is 27.6. The van der Waals surface area contributed by atoms with Gasteiger partial charge in [0.05, 0.1) is 25.4 Å². The van der Waals surface area contributed by atoms with E-state index in [0.717, 1.165) is 38.9 Å². The predicted octanol–water partition coefficient (Wildman–Crippen LogP) is 2.09. The highest BCUT2D eigenvalue weighted by molar-refractivity contribution is 4.71. The van der Waals surface area contributed by atoms with E-state index in [4.69, 9.17) is 23.7 Å². The zero-order chi connectivity index (χ0) is 13.5. The average Bonchev–Trinajstić information content (AvgIpc) is 3.28. The molecule has 0 aromatic heterocycles. The molecule has 5 heteroatoms. The monoisotopic (exact) mass is 274 g/mol. The highest BCUT2D eigenvalue weighted by atomic mass is 16.8. The number of hydrogen-bond donors (Lipinski definition) is 0. The summed E-state index contributed by atoms with van der Waals surface area (Å²) in [6.07, 6.45) is 4.17. The van der Waals surface area contributed by atoms with Crippen molar-refractivity contribution in [1.29, 1.82) is 0 Å². The molecule has 19 heavy (non-hydrogen) atoms. The Morgan fingerprint density at radius 2 is 1.32 bits per heavy atom. The topological polar surface area (TPSA) is 52.8 Å². The zero-order valence-electron chi connectivity index (χ0n) is 12.0. The van der Waals surface area contributed by atoms with Gasteiger partial charge in [0.1, 0.15) is 0 Å². The first kappa shape index (κ1) is 15.2. The minimum absolute atomic E-state index is 0.189. The molecule has 0 aromatic rings. The van der Waals surface area contributed by atoms with Gasteiger partial charge >= 0.3 is 0 Å². The summed E-state index contributed by atoms with van der Waals surface area (Å²) in [5.41, 5.74) is 0. The zero-order valence-corrected chi connectivity index (χ0v) is 12.0. The SMILES string of the molecule is CCOC(CCC1CO1)OC(CCC1CO1)OCC. The van der Waals surface area contributed by atoms with Crippen LogP contribution in [0.4, 0.5) is 0 Å². The molecule has 4 unspecified atom stereocenters. The van der Waals surface area contributed by atoms with Crippen LogP contribution in [0.3, 0.4) is 0 Å². The lowest BCUT2D eigenvalue weighted by atomic mass is 10.2. The van der Waals surface area contributed by atoms with E-state index >= 15 is 0 Å². The maximum atomic E-state index is 5.93. The first-order chi connectivity index (χ1) is 9.31. The molecule has 0 N–H and O–H groups in total. The first-order valence-electron chi connectivity index (χ1n) is 7.43. The Morgan fingerprint density at radius 3 is 1.63 bits per heavy atom. The summed E-state index contributed by atoms with van der Waals surface area (Å²) in [6.45, 7) is 7.04. The van der Waals surface area contributed by atoms with Gasteiger partial charge in [-0.15, -0.1) is 0 Å². The predicted molar refractivity (Wildman–Crippen MR) is 69.9 cm³/mol. The van der Waals surface area contributed by atoms with Gasteiger partial charge in [-0.05, 0) is 26.7 Å². The molecule has 0 radical (unpaired) electrons. The number of hydrogen-bond acceptors (Lipinski definition) is 5. The van der Waals surface area contributed by atoms with Gasteiger partial charge in [0.25, 0.3) is 0 Å². The summed E-state index contributed by atoms with van der Waals surface area (Å²) in [5.74, 6) is 0. The van der Waals surface area contributed by atoms with Crippen molar-refractivity contribution in [3.63, 3.8) is 0 Å². The molecule has 0 aliphatic carbocycles. The number of epoxide rings is 2. The molecule has 2 fully saturated rings. The molecule has 5 nitrogen and oxygen atoms in total. The smallest absolute Gasteiger partial charge is 0.160 e. The molecule has 2 aliphatic rings. The van der Waals surface area contributed by atoms with Gasteiger partial charge < -0.3 is 23.7 Å². The lowest BCUT2D eigenvalue weighted by Crippen LogP contribution is -2.28. The van der Waals surface area contributed by atoms with E-state index in [1.165, 1.54) is 0 Å². The molecule has 2 aliphatic heterocycles. The minimum Gasteiger partial charge on any atom is -0.373 e. The molecule has 0 spiro atoms. The maximum Gasteiger partial charge on any atom is 0.160 e. The summed E-state index contributed by atoms with van der Waals surface area (Å²) in [4.78, 5) is 0. The van der Waals surface area contributed by atoms with E-state index in [9.17, 15) is 0 Å². The highest BCUT2D eigenvalue weighted by Gasteiger charge is 2.27. The highest BCUT2D eigenvalue weighted by Crippen LogP contribution is 2.22. The average molecular weight is 274 g/mol. The summed E-state index contributed by atoms with van der Waals surface area (Å²) in [7, 11) is 0. The molecule has 2 heterocycles. The van der Waals surface area contributed by atoms with E-state index in [0.29, 0.717) is 25.4 Å². The Balaban J connectivity index is 1.68. The van der Waals surface area contributed by atoms with Gasteiger partial charge in [-0.2, -0.15) is 0 Å². The third kappa shape index (κ3) is 6.68. The molecule has 4 atom stereocenters. The van der Waals surface area contributed by atoms with Crippen LogP contribution in [-0.4, -0.2) is 51.2 Å². The van der Waals surface area contributed by atoms with Gasteiger partial charge in [-0.25, -0.2) is 0 Å². The number of rotatable bonds is 12. The molecule has 0 amide bonds. The minimum atomic E-state index is -0.189. The maximum absolute atomic E-state index is 5.93. The summed E-state index contributed by atoms with van der Waals surface area (Å²) in [6, 6.07) is 0. The first-order valence-corrected chi connectivity index (χ1v) is 7.43. The van der Waals surface area contributed by atoms with Gasteiger partial charge in [0.2, 0.25) is 0 Å². The molecule has 2 rings (SSSR count). The third-order valence-electron chi connectivity index (χ3n) is 3.26. The van der Waals surface area contributed by atoms with Crippen LogP contribution in [0.15, 0.2) is 0 Å². The lowest BCUT2D eigenvalue weighted by Gasteiger charge is -2.24. The second-order valence-corrected chi connectivity index (χ2v) is 4.97. The summed E-state index contributed by atoms with van der Waals surface area (Å²) in [5, 5.41) is 0. The van der Waals surface area contributed by atoms with Crippen LogP contribution in [0.5, 0.6) is 0 Å². The van der Waals surface area contributed by atoms with Crippen LogP contribution in [0.25, 0.3) is 0 Å². The van der Waals surface area contributed by atoms with Crippen LogP contribution < -0.4 is 0 Å². The Hall–Kier alpha value is -0.200. The summed E-state index contributed by atoms with van der Waals surface area (Å²) >= 11 is 0. The van der Waals surface area contributed by atoms with Crippen LogP contribution in [-0.2, 0) is 23.7 Å². The molecule has 0 bridgehead atoms. The van der Waals surface area contributed by atoms with Crippen LogP contribution in [0.2, 0.25) is 0 Å². The fourth-order valence-corrected chi connectivity index (χ4v) is 2.04. The Bertz CT molecular complexity index is 216. The fourth-order valence-electron chi connectivity index (χ4n) is 2.04. The van der Waals surface area contributed by atoms with Crippen molar-refractivity contribution in [1.82, 2.24) is 0 Å². The van der Waals surface area contributed by atoms with Crippen molar-refractivity contribution in [2.24, 2.45) is 0 Å². The van der Waals surface area contributed by atoms with E-state index in [2.05, 4.69) is 0 Å². The Morgan fingerprint density at radius 1 is 0.895 bits per heavy atom. The van der Waals surface area contributed by atoms with Crippen molar-refractivity contribution in [2.75, 3.05) is 26.4 Å². The largest absolute Gasteiger partial charge is 0.373 e. The van der Waals surface area contributed by atoms with Crippen molar-refractivity contribution in [3.05, 3.63) is 0 Å². The van der Waals surface area contributed by atoms with Crippen molar-refractivity contribution >= 4 is 0 Å². The van der Waals surface area contributed by atoms with E-state index in [1.54, 1.807) is 0 Å². The normalized spacial score (nSPS) is 28.1. The van der Waals surface area contributed by atoms with Crippen molar-refractivity contribution in [2.45, 2.75) is 64.3 Å². The second-order valence-electron chi connectivity index (χ2n) is 4.97. The molecule has 112 valence electrons. The second kappa shape index (κ2) is 8.17. The van der Waals surface area contributed by atoms with Gasteiger partial charge in [0, 0.05) is 26.1 Å². The Labute approximate surface area is 115 Å². The Kier molecular flexibility index (Phi) is 6.53. The van der Waals surface area contributed by atoms with Crippen LogP contribution >= 0.6 is 0 Å². The fraction of sp³-hybridized carbons (Fsp3) is 1.00. The standard InChI is InChI=1S/C14H26O5/c1-3-15-13(7-5-11-9-17-11)19-14(16-4-2)8-6-12-10-18-12/h11-14H,3-10H2,1-2H3. The van der Waals surface area contributed by atoms with Crippen LogP contribution in [0.1, 0.15) is 39.5 Å². The van der Waals surface area contributed by atoms with E-state index in [1.807, 2.05) is 13.8 Å². The number of ether oxygens (including phenoxy) is 5. The van der Waals surface area contributed by atoms with E-state index in [-0.39, 0.29) is 12.6 Å². The van der Waals surface area contributed by atoms with Gasteiger partial charge in [-0.1, -0.05) is 0 Å². The van der Waals surface area contributed by atoms with Crippen LogP contribution in [0, 0.1) is 0 Å². The van der Waals surface area contributed by atoms with Gasteiger partial charge in [-0.3, -0.25) is 0 Å². The molecule has 0 saturated carbocycles.